The van der Waals surface area contributed by atoms with Gasteiger partial charge in [-0.3, -0.25) is 0 Å². The molecule has 9 rings (SSSR count). The number of aromatic nitrogens is 6. The number of hydrogen-bond donors (Lipinski definition) is 2. The normalized spacial score (nSPS) is 13.1. The minimum atomic E-state index is -0.270. The number of H-pyrrole nitrogens is 1. The van der Waals surface area contributed by atoms with Crippen LogP contribution in [-0.2, 0) is 39.5 Å². The molecule has 0 saturated heterocycles. The second-order valence-corrected chi connectivity index (χ2v) is 27.5. The van der Waals surface area contributed by atoms with Crippen LogP contribution in [0.1, 0.15) is 164 Å². The van der Waals surface area contributed by atoms with E-state index >= 15 is 0 Å². The zero-order valence-electron chi connectivity index (χ0n) is 48.6. The molecule has 0 fully saturated rings. The number of aromatic amines is 1. The lowest BCUT2D eigenvalue weighted by molar-refractivity contribution is 0.446. The average molecular weight is 997 g/mol. The molecule has 7 nitrogen and oxygen atoms in total. The number of nitrogens with one attached hydrogen (secondary N) is 1. The molecule has 0 aliphatic carbocycles. The first-order valence-corrected chi connectivity index (χ1v) is 26.8. The number of phenolic OH excluding ortho intramolecular Hbond substituents is 1. The van der Waals surface area contributed by atoms with Gasteiger partial charge in [0.15, 0.2) is 0 Å². The first kappa shape index (κ1) is 53.0. The van der Waals surface area contributed by atoms with Crippen LogP contribution in [-0.4, -0.2) is 34.6 Å². The summed E-state index contributed by atoms with van der Waals surface area (Å²) in [5.41, 5.74) is 21.2. The molecule has 0 atom stereocenters. The van der Waals surface area contributed by atoms with Gasteiger partial charge in [0.2, 0.25) is 0 Å². The van der Waals surface area contributed by atoms with Gasteiger partial charge >= 0.3 is 0 Å². The van der Waals surface area contributed by atoms with Crippen LogP contribution >= 0.6 is 0 Å². The Hall–Kier alpha value is -6.86. The molecule has 0 saturated carbocycles. The Balaban J connectivity index is 1.17. The van der Waals surface area contributed by atoms with Crippen molar-refractivity contribution in [3.8, 4) is 73.3 Å². The third kappa shape index (κ3) is 10.2. The SMILES string of the molecule is Cc1c(-c2nc3c(-c4cc(-c5cc(-c6cc(-c7cccc8c7nc(-c7cc(C(C)(C)C)cc(C(C)(C)C)c7O)n8C)cc(C(C)(C)C)c6)ncn5)cc(C(C)(C)C)c4)cccc3[nH]2)cc(C(C)(C)C)cc1C(C)(C)C. The minimum Gasteiger partial charge on any atom is -0.507 e. The second kappa shape index (κ2) is 18.2. The summed E-state index contributed by atoms with van der Waals surface area (Å²) >= 11 is 0. The lowest BCUT2D eigenvalue weighted by atomic mass is 9.77. The molecule has 0 bridgehead atoms. The summed E-state index contributed by atoms with van der Waals surface area (Å²) < 4.78 is 2.12. The van der Waals surface area contributed by atoms with Gasteiger partial charge in [-0.25, -0.2) is 19.9 Å². The van der Waals surface area contributed by atoms with E-state index in [9.17, 15) is 5.11 Å². The lowest BCUT2D eigenvalue weighted by Crippen LogP contribution is -2.18. The predicted molar refractivity (Wildman–Crippen MR) is 317 cm³/mol. The van der Waals surface area contributed by atoms with Crippen LogP contribution in [0.3, 0.4) is 0 Å². The minimum absolute atomic E-state index is 0.0236. The maximum atomic E-state index is 12.0. The van der Waals surface area contributed by atoms with Crippen molar-refractivity contribution in [2.75, 3.05) is 0 Å². The molecule has 0 aliphatic heterocycles. The number of benzene rings is 6. The van der Waals surface area contributed by atoms with E-state index in [-0.39, 0.29) is 38.2 Å². The van der Waals surface area contributed by atoms with Crippen molar-refractivity contribution in [3.05, 3.63) is 148 Å². The van der Waals surface area contributed by atoms with Crippen LogP contribution in [0.25, 0.3) is 89.6 Å². The highest BCUT2D eigenvalue weighted by Gasteiger charge is 2.30. The van der Waals surface area contributed by atoms with E-state index in [2.05, 4.69) is 251 Å². The zero-order valence-corrected chi connectivity index (χ0v) is 48.6. The van der Waals surface area contributed by atoms with Crippen LogP contribution in [0.15, 0.2) is 109 Å². The highest BCUT2D eigenvalue weighted by Crippen LogP contribution is 2.45. The van der Waals surface area contributed by atoms with Crippen molar-refractivity contribution in [1.82, 2.24) is 29.5 Å². The molecule has 388 valence electrons. The number of rotatable bonds is 6. The van der Waals surface area contributed by atoms with Crippen molar-refractivity contribution < 1.29 is 5.11 Å². The Morgan fingerprint density at radius 2 is 0.893 bits per heavy atom. The lowest BCUT2D eigenvalue weighted by Gasteiger charge is -2.28. The number of para-hydroxylation sites is 2. The Labute approximate surface area is 447 Å². The third-order valence-electron chi connectivity index (χ3n) is 15.3. The molecule has 3 aromatic heterocycles. The summed E-state index contributed by atoms with van der Waals surface area (Å²) in [4.78, 5) is 24.6. The number of aromatic hydroxyl groups is 1. The number of imidazole rings is 2. The van der Waals surface area contributed by atoms with E-state index in [4.69, 9.17) is 19.9 Å². The van der Waals surface area contributed by atoms with E-state index in [0.29, 0.717) is 0 Å². The summed E-state index contributed by atoms with van der Waals surface area (Å²) in [6, 6.07) is 37.7. The number of hydrogen-bond acceptors (Lipinski definition) is 5. The number of phenols is 1. The zero-order chi connectivity index (χ0) is 54.7. The molecular formula is C68H80N6O. The second-order valence-electron chi connectivity index (χ2n) is 27.5. The van der Waals surface area contributed by atoms with E-state index in [0.717, 1.165) is 101 Å². The monoisotopic (exact) mass is 997 g/mol. The van der Waals surface area contributed by atoms with Crippen molar-refractivity contribution in [1.29, 1.82) is 0 Å². The summed E-state index contributed by atoms with van der Waals surface area (Å²) in [7, 11) is 2.05. The van der Waals surface area contributed by atoms with Gasteiger partial charge in [-0.2, -0.15) is 0 Å². The summed E-state index contributed by atoms with van der Waals surface area (Å²) in [5, 5.41) is 12.0. The van der Waals surface area contributed by atoms with Crippen LogP contribution in [0, 0.1) is 6.92 Å². The fourth-order valence-electron chi connectivity index (χ4n) is 10.5. The summed E-state index contributed by atoms with van der Waals surface area (Å²) in [5.74, 6) is 1.90. The first-order chi connectivity index (χ1) is 34.7. The average Bonchev–Trinajstić information content (AvgIpc) is 3.91. The molecule has 0 amide bonds. The molecule has 3 heterocycles. The van der Waals surface area contributed by atoms with E-state index in [1.54, 1.807) is 6.33 Å². The molecule has 75 heavy (non-hydrogen) atoms. The molecule has 6 aromatic carbocycles. The quantitative estimate of drug-likeness (QED) is 0.173. The first-order valence-electron chi connectivity index (χ1n) is 26.8. The van der Waals surface area contributed by atoms with Gasteiger partial charge in [-0.15, -0.1) is 0 Å². The van der Waals surface area contributed by atoms with Gasteiger partial charge in [0, 0.05) is 40.4 Å². The van der Waals surface area contributed by atoms with Crippen LogP contribution in [0.2, 0.25) is 0 Å². The molecular weight excluding hydrogens is 917 g/mol. The highest BCUT2D eigenvalue weighted by atomic mass is 16.3. The number of fused-ring (bicyclic) bond motifs is 2. The molecule has 9 aromatic rings. The van der Waals surface area contributed by atoms with Crippen LogP contribution in [0.4, 0.5) is 0 Å². The number of aryl methyl sites for hydroxylation is 1. The predicted octanol–water partition coefficient (Wildman–Crippen LogP) is 18.0. The molecule has 7 heteroatoms. The van der Waals surface area contributed by atoms with E-state index < -0.39 is 0 Å². The largest absolute Gasteiger partial charge is 0.507 e. The molecule has 0 aliphatic rings. The Morgan fingerprint density at radius 3 is 1.40 bits per heavy atom. The van der Waals surface area contributed by atoms with Crippen molar-refractivity contribution in [2.24, 2.45) is 7.05 Å². The standard InChI is InChI=1S/C68H80N6O/c1-39-50(33-46(65(8,9)10)35-52(39)67(14,15)16)61-71-54-25-21-23-48(58(54)72-61)40-27-42(31-44(29-40)63(2,3)4)55-37-56(70-38-69-55)43-28-41(30-45(32-43)64(5,6)7)49-24-22-26-57-59(49)73-62(74(57)20)51-34-47(66(11,12)13)36-53(60(51)75)68(17,18)19/h21-38,75H,1-20H3,(H,71,72). The summed E-state index contributed by atoms with van der Waals surface area (Å²) in [6.07, 6.45) is 1.70. The van der Waals surface area contributed by atoms with Crippen molar-refractivity contribution in [3.63, 3.8) is 0 Å². The fraction of sp³-hybridized carbons (Fsp3) is 0.382. The Kier molecular flexibility index (Phi) is 12.8. The van der Waals surface area contributed by atoms with Crippen LogP contribution < -0.4 is 0 Å². The van der Waals surface area contributed by atoms with Gasteiger partial charge < -0.3 is 14.7 Å². The maximum Gasteiger partial charge on any atom is 0.144 e. The van der Waals surface area contributed by atoms with E-state index in [1.807, 2.05) is 0 Å². The van der Waals surface area contributed by atoms with Gasteiger partial charge in [-0.05, 0) is 139 Å². The van der Waals surface area contributed by atoms with Crippen LogP contribution in [0.5, 0.6) is 5.75 Å². The van der Waals surface area contributed by atoms with Gasteiger partial charge in [0.1, 0.15) is 23.7 Å². The highest BCUT2D eigenvalue weighted by molar-refractivity contribution is 5.97. The number of nitrogens with zero attached hydrogens (tertiary/aromatic N) is 5. The maximum absolute atomic E-state index is 12.0. The molecule has 0 spiro atoms. The summed E-state index contributed by atoms with van der Waals surface area (Å²) in [6.45, 7) is 42.7. The van der Waals surface area contributed by atoms with E-state index in [1.165, 1.54) is 27.8 Å². The smallest absolute Gasteiger partial charge is 0.144 e. The van der Waals surface area contributed by atoms with Crippen molar-refractivity contribution in [2.45, 2.75) is 164 Å². The topological polar surface area (TPSA) is 92.5 Å². The van der Waals surface area contributed by atoms with Gasteiger partial charge in [0.25, 0.3) is 0 Å². The Morgan fingerprint density at radius 1 is 0.440 bits per heavy atom. The van der Waals surface area contributed by atoms with Gasteiger partial charge in [0.05, 0.1) is 39.0 Å². The molecule has 2 N–H and O–H groups in total. The Bertz CT molecular complexity index is 3690. The molecule has 0 unspecified atom stereocenters. The molecule has 0 radical (unpaired) electrons. The van der Waals surface area contributed by atoms with Crippen molar-refractivity contribution >= 4 is 22.1 Å². The third-order valence-corrected chi connectivity index (χ3v) is 15.3. The fourth-order valence-corrected chi connectivity index (χ4v) is 10.5. The van der Waals surface area contributed by atoms with Gasteiger partial charge in [-0.1, -0.05) is 173 Å².